The molecule has 0 radical (unpaired) electrons. The standard InChI is InChI=1S/C22H27NO3/c1-21(26)14-16-23(17-15-21)22(20(24)25,19-10-6-3-7-11-19)13-12-18-8-4-2-5-9-18/h2-11,26H,12-17H2,1H3,(H,24,25)/t22-/m0/s1. The number of piperidine rings is 1. The minimum Gasteiger partial charge on any atom is -0.480 e. The second-order valence-electron chi connectivity index (χ2n) is 7.50. The first-order chi connectivity index (χ1) is 12.4. The number of rotatable bonds is 6. The molecule has 4 heteroatoms. The van der Waals surface area contributed by atoms with Crippen LogP contribution in [-0.4, -0.2) is 39.8 Å². The first kappa shape index (κ1) is 18.6. The summed E-state index contributed by atoms with van der Waals surface area (Å²) < 4.78 is 0. The Bertz CT molecular complexity index is 720. The van der Waals surface area contributed by atoms with E-state index in [2.05, 4.69) is 0 Å². The van der Waals surface area contributed by atoms with Crippen LogP contribution in [0.25, 0.3) is 0 Å². The Morgan fingerprint density at radius 3 is 2.12 bits per heavy atom. The first-order valence-electron chi connectivity index (χ1n) is 9.24. The molecular weight excluding hydrogens is 326 g/mol. The van der Waals surface area contributed by atoms with Crippen LogP contribution in [0.15, 0.2) is 60.7 Å². The molecule has 3 rings (SSSR count). The molecule has 1 atom stereocenters. The van der Waals surface area contributed by atoms with Crippen molar-refractivity contribution in [3.8, 4) is 0 Å². The molecule has 2 aromatic rings. The Labute approximate surface area is 155 Å². The van der Waals surface area contributed by atoms with Crippen molar-refractivity contribution in [3.63, 3.8) is 0 Å². The van der Waals surface area contributed by atoms with E-state index in [0.29, 0.717) is 38.8 Å². The van der Waals surface area contributed by atoms with Crippen LogP contribution in [0.5, 0.6) is 0 Å². The normalized spacial score (nSPS) is 19.6. The van der Waals surface area contributed by atoms with Gasteiger partial charge in [-0.1, -0.05) is 60.7 Å². The Hall–Kier alpha value is -2.17. The van der Waals surface area contributed by atoms with Crippen molar-refractivity contribution >= 4 is 5.97 Å². The Balaban J connectivity index is 1.95. The molecule has 1 saturated heterocycles. The number of carboxylic acid groups (broad SMARTS) is 1. The maximum Gasteiger partial charge on any atom is 0.328 e. The van der Waals surface area contributed by atoms with Gasteiger partial charge in [0.15, 0.2) is 0 Å². The van der Waals surface area contributed by atoms with Crippen LogP contribution in [0, 0.1) is 0 Å². The molecule has 1 aliphatic heterocycles. The fraction of sp³-hybridized carbons (Fsp3) is 0.409. The van der Waals surface area contributed by atoms with Crippen molar-refractivity contribution in [3.05, 3.63) is 71.8 Å². The molecule has 2 aromatic carbocycles. The lowest BCUT2D eigenvalue weighted by molar-refractivity contribution is -0.157. The number of hydrogen-bond donors (Lipinski definition) is 2. The quantitative estimate of drug-likeness (QED) is 0.835. The monoisotopic (exact) mass is 353 g/mol. The topological polar surface area (TPSA) is 60.8 Å². The van der Waals surface area contributed by atoms with Crippen molar-refractivity contribution in [1.29, 1.82) is 0 Å². The predicted octanol–water partition coefficient (Wildman–Crippen LogP) is 3.45. The van der Waals surface area contributed by atoms with E-state index in [-0.39, 0.29) is 0 Å². The number of carbonyl (C=O) groups is 1. The number of carboxylic acids is 1. The molecular formula is C22H27NO3. The third kappa shape index (κ3) is 3.81. The van der Waals surface area contributed by atoms with Gasteiger partial charge in [-0.3, -0.25) is 4.90 Å². The predicted molar refractivity (Wildman–Crippen MR) is 102 cm³/mol. The number of aliphatic carboxylic acids is 1. The van der Waals surface area contributed by atoms with E-state index >= 15 is 0 Å². The minimum atomic E-state index is -1.08. The van der Waals surface area contributed by atoms with Crippen LogP contribution in [0.4, 0.5) is 0 Å². The van der Waals surface area contributed by atoms with Crippen molar-refractivity contribution in [2.24, 2.45) is 0 Å². The average Bonchev–Trinajstić information content (AvgIpc) is 2.64. The van der Waals surface area contributed by atoms with Gasteiger partial charge in [0, 0.05) is 13.1 Å². The van der Waals surface area contributed by atoms with E-state index in [1.807, 2.05) is 72.5 Å². The highest BCUT2D eigenvalue weighted by Gasteiger charge is 2.47. The zero-order valence-corrected chi connectivity index (χ0v) is 15.3. The van der Waals surface area contributed by atoms with Crippen LogP contribution in [0.2, 0.25) is 0 Å². The van der Waals surface area contributed by atoms with Crippen molar-refractivity contribution in [2.45, 2.75) is 43.7 Å². The first-order valence-corrected chi connectivity index (χ1v) is 9.24. The highest BCUT2D eigenvalue weighted by molar-refractivity contribution is 5.81. The van der Waals surface area contributed by atoms with E-state index in [9.17, 15) is 15.0 Å². The maximum atomic E-state index is 12.6. The highest BCUT2D eigenvalue weighted by atomic mass is 16.4. The van der Waals surface area contributed by atoms with Crippen LogP contribution in [-0.2, 0) is 16.8 Å². The molecule has 2 N–H and O–H groups in total. The third-order valence-electron chi connectivity index (χ3n) is 5.60. The molecule has 0 spiro atoms. The number of aliphatic hydroxyl groups is 1. The van der Waals surface area contributed by atoms with Gasteiger partial charge in [-0.25, -0.2) is 4.79 Å². The number of benzene rings is 2. The van der Waals surface area contributed by atoms with Gasteiger partial charge in [0.1, 0.15) is 5.54 Å². The van der Waals surface area contributed by atoms with Crippen LogP contribution in [0.1, 0.15) is 37.3 Å². The molecule has 26 heavy (non-hydrogen) atoms. The van der Waals surface area contributed by atoms with Gasteiger partial charge in [-0.05, 0) is 43.7 Å². The lowest BCUT2D eigenvalue weighted by atomic mass is 9.80. The second kappa shape index (κ2) is 7.60. The summed E-state index contributed by atoms with van der Waals surface area (Å²) in [6.45, 7) is 2.98. The second-order valence-corrected chi connectivity index (χ2v) is 7.50. The molecule has 0 bridgehead atoms. The van der Waals surface area contributed by atoms with E-state index in [1.54, 1.807) is 0 Å². The van der Waals surface area contributed by atoms with E-state index in [1.165, 1.54) is 0 Å². The smallest absolute Gasteiger partial charge is 0.328 e. The largest absolute Gasteiger partial charge is 0.480 e. The Kier molecular flexibility index (Phi) is 5.44. The lowest BCUT2D eigenvalue weighted by Crippen LogP contribution is -2.57. The van der Waals surface area contributed by atoms with Gasteiger partial charge in [0.25, 0.3) is 0 Å². The summed E-state index contributed by atoms with van der Waals surface area (Å²) in [5, 5.41) is 20.6. The average molecular weight is 353 g/mol. The molecule has 1 aliphatic rings. The highest BCUT2D eigenvalue weighted by Crippen LogP contribution is 2.38. The molecule has 0 aromatic heterocycles. The van der Waals surface area contributed by atoms with E-state index in [4.69, 9.17) is 0 Å². The summed E-state index contributed by atoms with van der Waals surface area (Å²) in [5.74, 6) is -0.818. The van der Waals surface area contributed by atoms with Crippen molar-refractivity contribution in [2.75, 3.05) is 13.1 Å². The minimum absolute atomic E-state index is 0.499. The van der Waals surface area contributed by atoms with Gasteiger partial charge >= 0.3 is 5.97 Å². The zero-order chi connectivity index (χ0) is 18.6. The molecule has 0 amide bonds. The fourth-order valence-corrected chi connectivity index (χ4v) is 3.90. The van der Waals surface area contributed by atoms with Crippen LogP contribution in [0.3, 0.4) is 0 Å². The lowest BCUT2D eigenvalue weighted by Gasteiger charge is -2.46. The fourth-order valence-electron chi connectivity index (χ4n) is 3.90. The van der Waals surface area contributed by atoms with Gasteiger partial charge in [0.2, 0.25) is 0 Å². The number of likely N-dealkylation sites (tertiary alicyclic amines) is 1. The number of hydrogen-bond acceptors (Lipinski definition) is 3. The molecule has 0 unspecified atom stereocenters. The van der Waals surface area contributed by atoms with Gasteiger partial charge in [-0.15, -0.1) is 0 Å². The Morgan fingerprint density at radius 2 is 1.58 bits per heavy atom. The summed E-state index contributed by atoms with van der Waals surface area (Å²) in [6.07, 6.45) is 2.35. The molecule has 1 fully saturated rings. The summed E-state index contributed by atoms with van der Waals surface area (Å²) >= 11 is 0. The summed E-state index contributed by atoms with van der Waals surface area (Å²) in [7, 11) is 0. The molecule has 1 heterocycles. The number of nitrogens with zero attached hydrogens (tertiary/aromatic N) is 1. The molecule has 0 saturated carbocycles. The molecule has 138 valence electrons. The van der Waals surface area contributed by atoms with Crippen LogP contribution >= 0.6 is 0 Å². The third-order valence-corrected chi connectivity index (χ3v) is 5.60. The van der Waals surface area contributed by atoms with Crippen LogP contribution < -0.4 is 0 Å². The maximum absolute atomic E-state index is 12.6. The summed E-state index contributed by atoms with van der Waals surface area (Å²) in [4.78, 5) is 14.6. The summed E-state index contributed by atoms with van der Waals surface area (Å²) in [6, 6.07) is 19.5. The van der Waals surface area contributed by atoms with Gasteiger partial charge in [-0.2, -0.15) is 0 Å². The van der Waals surface area contributed by atoms with E-state index < -0.39 is 17.1 Å². The zero-order valence-electron chi connectivity index (χ0n) is 15.3. The van der Waals surface area contributed by atoms with Gasteiger partial charge in [0.05, 0.1) is 5.60 Å². The SMILES string of the molecule is CC1(O)CCN([C@](CCc2ccccc2)(C(=O)O)c2ccccc2)CC1. The Morgan fingerprint density at radius 1 is 1.04 bits per heavy atom. The molecule has 0 aliphatic carbocycles. The number of aryl methyl sites for hydroxylation is 1. The van der Waals surface area contributed by atoms with Crippen molar-refractivity contribution in [1.82, 2.24) is 4.90 Å². The van der Waals surface area contributed by atoms with Gasteiger partial charge < -0.3 is 10.2 Å². The van der Waals surface area contributed by atoms with Crippen molar-refractivity contribution < 1.29 is 15.0 Å². The van der Waals surface area contributed by atoms with E-state index in [0.717, 1.165) is 11.1 Å². The summed E-state index contributed by atoms with van der Waals surface area (Å²) in [5.41, 5.74) is 0.160. The molecule has 4 nitrogen and oxygen atoms in total.